The molecule has 0 fully saturated rings. The predicted molar refractivity (Wildman–Crippen MR) is 94.5 cm³/mol. The van der Waals surface area contributed by atoms with Crippen molar-refractivity contribution >= 4 is 34.9 Å². The zero-order chi connectivity index (χ0) is 18.2. The maximum atomic E-state index is 12.0. The number of benzene rings is 1. The number of nitrogens with one attached hydrogen (secondary N) is 2. The summed E-state index contributed by atoms with van der Waals surface area (Å²) in [5, 5.41) is 6.19. The summed E-state index contributed by atoms with van der Waals surface area (Å²) in [6.45, 7) is 0.807. The van der Waals surface area contributed by atoms with Crippen LogP contribution in [0, 0.1) is 0 Å². The SMILES string of the molecule is COCCNC(=O)c1cc(Nc2cc(C(=O)OC)ccc2Cl)ccn1. The molecule has 1 amide bonds. The summed E-state index contributed by atoms with van der Waals surface area (Å²) in [5.41, 5.74) is 1.74. The number of amides is 1. The molecule has 0 aliphatic heterocycles. The summed E-state index contributed by atoms with van der Waals surface area (Å²) in [6.07, 6.45) is 1.51. The van der Waals surface area contributed by atoms with E-state index in [2.05, 4.69) is 15.6 Å². The van der Waals surface area contributed by atoms with Crippen LogP contribution in [-0.2, 0) is 9.47 Å². The minimum Gasteiger partial charge on any atom is -0.465 e. The molecule has 0 spiro atoms. The van der Waals surface area contributed by atoms with Crippen molar-refractivity contribution in [2.24, 2.45) is 0 Å². The van der Waals surface area contributed by atoms with Crippen LogP contribution in [0.5, 0.6) is 0 Å². The molecule has 1 aromatic carbocycles. The van der Waals surface area contributed by atoms with Gasteiger partial charge in [-0.2, -0.15) is 0 Å². The predicted octanol–water partition coefficient (Wildman–Crippen LogP) is 2.64. The van der Waals surface area contributed by atoms with Crippen molar-refractivity contribution in [2.75, 3.05) is 32.7 Å². The fourth-order valence-electron chi connectivity index (χ4n) is 2.01. The normalized spacial score (nSPS) is 10.2. The van der Waals surface area contributed by atoms with E-state index in [9.17, 15) is 9.59 Å². The van der Waals surface area contributed by atoms with E-state index in [0.29, 0.717) is 35.1 Å². The molecule has 0 unspecified atom stereocenters. The number of hydrogen-bond acceptors (Lipinski definition) is 6. The number of aromatic nitrogens is 1. The number of halogens is 1. The van der Waals surface area contributed by atoms with E-state index >= 15 is 0 Å². The third-order valence-electron chi connectivity index (χ3n) is 3.25. The maximum absolute atomic E-state index is 12.0. The smallest absolute Gasteiger partial charge is 0.337 e. The first kappa shape index (κ1) is 18.7. The first-order valence-corrected chi connectivity index (χ1v) is 7.81. The largest absolute Gasteiger partial charge is 0.465 e. The molecule has 0 bridgehead atoms. The lowest BCUT2D eigenvalue weighted by Crippen LogP contribution is -2.27. The van der Waals surface area contributed by atoms with Gasteiger partial charge in [0.25, 0.3) is 5.91 Å². The molecular weight excluding hydrogens is 346 g/mol. The summed E-state index contributed by atoms with van der Waals surface area (Å²) < 4.78 is 9.58. The van der Waals surface area contributed by atoms with Gasteiger partial charge in [0.2, 0.25) is 0 Å². The number of carbonyl (C=O) groups excluding carboxylic acids is 2. The zero-order valence-electron chi connectivity index (χ0n) is 13.8. The van der Waals surface area contributed by atoms with Crippen LogP contribution in [0.2, 0.25) is 5.02 Å². The number of carbonyl (C=O) groups is 2. The molecule has 2 aromatic rings. The van der Waals surface area contributed by atoms with Crippen molar-refractivity contribution in [3.63, 3.8) is 0 Å². The second-order valence-electron chi connectivity index (χ2n) is 4.99. The molecule has 0 saturated heterocycles. The van der Waals surface area contributed by atoms with Gasteiger partial charge in [0.05, 0.1) is 30.0 Å². The monoisotopic (exact) mass is 363 g/mol. The Hall–Kier alpha value is -2.64. The van der Waals surface area contributed by atoms with Crippen LogP contribution in [0.1, 0.15) is 20.8 Å². The standard InChI is InChI=1S/C17H18ClN3O4/c1-24-8-7-20-16(22)15-10-12(5-6-19-15)21-14-9-11(17(23)25-2)3-4-13(14)18/h3-6,9-10H,7-8H2,1-2H3,(H,19,21)(H,20,22). The topological polar surface area (TPSA) is 89.6 Å². The number of pyridine rings is 1. The fourth-order valence-corrected chi connectivity index (χ4v) is 2.18. The van der Waals surface area contributed by atoms with Crippen molar-refractivity contribution in [3.8, 4) is 0 Å². The quantitative estimate of drug-likeness (QED) is 0.580. The minimum absolute atomic E-state index is 0.251. The fraction of sp³-hybridized carbons (Fsp3) is 0.235. The number of methoxy groups -OCH3 is 2. The van der Waals surface area contributed by atoms with E-state index in [1.165, 1.54) is 13.3 Å². The van der Waals surface area contributed by atoms with Crippen LogP contribution in [0.15, 0.2) is 36.5 Å². The van der Waals surface area contributed by atoms with Gasteiger partial charge >= 0.3 is 5.97 Å². The van der Waals surface area contributed by atoms with Gasteiger partial charge in [-0.25, -0.2) is 4.79 Å². The first-order chi connectivity index (χ1) is 12.0. The zero-order valence-corrected chi connectivity index (χ0v) is 14.6. The van der Waals surface area contributed by atoms with Crippen molar-refractivity contribution in [2.45, 2.75) is 0 Å². The Morgan fingerprint density at radius 3 is 2.72 bits per heavy atom. The van der Waals surface area contributed by atoms with Crippen LogP contribution >= 0.6 is 11.6 Å². The van der Waals surface area contributed by atoms with E-state index in [4.69, 9.17) is 21.1 Å². The highest BCUT2D eigenvalue weighted by Gasteiger charge is 2.11. The van der Waals surface area contributed by atoms with Gasteiger partial charge in [-0.15, -0.1) is 0 Å². The summed E-state index contributed by atoms with van der Waals surface area (Å²) >= 11 is 6.16. The number of rotatable bonds is 7. The number of anilines is 2. The number of nitrogens with zero attached hydrogens (tertiary/aromatic N) is 1. The number of esters is 1. The van der Waals surface area contributed by atoms with Crippen LogP contribution in [-0.4, -0.2) is 44.2 Å². The van der Waals surface area contributed by atoms with Crippen molar-refractivity contribution in [3.05, 3.63) is 52.8 Å². The molecule has 0 aliphatic rings. The number of ether oxygens (including phenoxy) is 2. The molecular formula is C17H18ClN3O4. The van der Waals surface area contributed by atoms with Gasteiger partial charge in [0.15, 0.2) is 0 Å². The lowest BCUT2D eigenvalue weighted by atomic mass is 10.2. The molecule has 0 radical (unpaired) electrons. The first-order valence-electron chi connectivity index (χ1n) is 7.43. The highest BCUT2D eigenvalue weighted by molar-refractivity contribution is 6.33. The van der Waals surface area contributed by atoms with Gasteiger partial charge in [-0.1, -0.05) is 11.6 Å². The molecule has 0 aliphatic carbocycles. The van der Waals surface area contributed by atoms with E-state index in [1.54, 1.807) is 37.4 Å². The molecule has 2 rings (SSSR count). The molecule has 25 heavy (non-hydrogen) atoms. The van der Waals surface area contributed by atoms with Crippen LogP contribution in [0.3, 0.4) is 0 Å². The van der Waals surface area contributed by atoms with Gasteiger partial charge in [-0.05, 0) is 30.3 Å². The summed E-state index contributed by atoms with van der Waals surface area (Å²) in [6, 6.07) is 8.01. The number of hydrogen-bond donors (Lipinski definition) is 2. The highest BCUT2D eigenvalue weighted by atomic mass is 35.5. The Morgan fingerprint density at radius 1 is 1.20 bits per heavy atom. The molecule has 132 valence electrons. The van der Waals surface area contributed by atoms with Crippen molar-refractivity contribution < 1.29 is 19.1 Å². The van der Waals surface area contributed by atoms with E-state index in [0.717, 1.165) is 0 Å². The maximum Gasteiger partial charge on any atom is 0.337 e. The lowest BCUT2D eigenvalue weighted by molar-refractivity contribution is 0.0600. The second-order valence-corrected chi connectivity index (χ2v) is 5.40. The van der Waals surface area contributed by atoms with Crippen LogP contribution < -0.4 is 10.6 Å². The van der Waals surface area contributed by atoms with Gasteiger partial charge in [-0.3, -0.25) is 9.78 Å². The third kappa shape index (κ3) is 5.17. The molecule has 1 aromatic heterocycles. The molecule has 0 saturated carbocycles. The van der Waals surface area contributed by atoms with Gasteiger partial charge in [0, 0.05) is 25.5 Å². The van der Waals surface area contributed by atoms with E-state index in [-0.39, 0.29) is 11.6 Å². The Balaban J connectivity index is 2.17. The average Bonchev–Trinajstić information content (AvgIpc) is 2.63. The summed E-state index contributed by atoms with van der Waals surface area (Å²) in [5.74, 6) is -0.775. The van der Waals surface area contributed by atoms with Crippen molar-refractivity contribution in [1.82, 2.24) is 10.3 Å². The molecule has 8 heteroatoms. The Bertz CT molecular complexity index is 767. The summed E-state index contributed by atoms with van der Waals surface area (Å²) in [4.78, 5) is 27.7. The Morgan fingerprint density at radius 2 is 2.00 bits per heavy atom. The van der Waals surface area contributed by atoms with Crippen LogP contribution in [0.4, 0.5) is 11.4 Å². The highest BCUT2D eigenvalue weighted by Crippen LogP contribution is 2.27. The molecule has 1 heterocycles. The molecule has 2 N–H and O–H groups in total. The Kier molecular flexibility index (Phi) is 6.73. The molecule has 0 atom stereocenters. The average molecular weight is 364 g/mol. The van der Waals surface area contributed by atoms with E-state index in [1.807, 2.05) is 0 Å². The molecule has 7 nitrogen and oxygen atoms in total. The van der Waals surface area contributed by atoms with Gasteiger partial charge in [0.1, 0.15) is 5.69 Å². The summed E-state index contributed by atoms with van der Waals surface area (Å²) in [7, 11) is 2.86. The Labute approximate surface area is 150 Å². The lowest BCUT2D eigenvalue weighted by Gasteiger charge is -2.11. The van der Waals surface area contributed by atoms with Crippen molar-refractivity contribution in [1.29, 1.82) is 0 Å². The minimum atomic E-state index is -0.465. The van der Waals surface area contributed by atoms with E-state index < -0.39 is 5.97 Å². The third-order valence-corrected chi connectivity index (χ3v) is 3.58. The van der Waals surface area contributed by atoms with Gasteiger partial charge < -0.3 is 20.1 Å². The second kappa shape index (κ2) is 9.00. The van der Waals surface area contributed by atoms with Crippen LogP contribution in [0.25, 0.3) is 0 Å².